The third-order valence-electron chi connectivity index (χ3n) is 1.79. The molecule has 0 saturated heterocycles. The fourth-order valence-electron chi connectivity index (χ4n) is 1.05. The van der Waals surface area contributed by atoms with Gasteiger partial charge in [-0.2, -0.15) is 13.2 Å². The van der Waals surface area contributed by atoms with E-state index in [2.05, 4.69) is 21.2 Å². The molecule has 1 N–H and O–H groups in total. The molecule has 6 heteroatoms. The van der Waals surface area contributed by atoms with Gasteiger partial charge in [0.25, 0.3) is 0 Å². The monoisotopic (exact) mass is 313 g/mol. The Morgan fingerprint density at radius 2 is 2.06 bits per heavy atom. The highest BCUT2D eigenvalue weighted by Crippen LogP contribution is 2.33. The van der Waals surface area contributed by atoms with Crippen LogP contribution in [0.3, 0.4) is 0 Å². The van der Waals surface area contributed by atoms with Gasteiger partial charge in [-0.1, -0.05) is 17.7 Å². The SMILES string of the molecule is FC(F)(F)c1ccc(Br)c(NC/C=C/Cl)c1. The highest BCUT2D eigenvalue weighted by atomic mass is 79.9. The summed E-state index contributed by atoms with van der Waals surface area (Å²) in [5, 5.41) is 2.81. The molecule has 0 heterocycles. The summed E-state index contributed by atoms with van der Waals surface area (Å²) in [4.78, 5) is 0. The van der Waals surface area contributed by atoms with Gasteiger partial charge >= 0.3 is 6.18 Å². The molecule has 1 aromatic rings. The van der Waals surface area contributed by atoms with Gasteiger partial charge in [0.1, 0.15) is 0 Å². The maximum absolute atomic E-state index is 12.4. The molecular weight excluding hydrogens is 306 g/mol. The molecule has 1 aromatic carbocycles. The van der Waals surface area contributed by atoms with Crippen LogP contribution >= 0.6 is 27.5 Å². The van der Waals surface area contributed by atoms with Crippen molar-refractivity contribution in [2.75, 3.05) is 11.9 Å². The molecule has 0 spiro atoms. The van der Waals surface area contributed by atoms with Crippen LogP contribution in [0.4, 0.5) is 18.9 Å². The number of hydrogen-bond donors (Lipinski definition) is 1. The summed E-state index contributed by atoms with van der Waals surface area (Å²) >= 11 is 8.46. The van der Waals surface area contributed by atoms with Crippen LogP contribution in [0.2, 0.25) is 0 Å². The molecule has 88 valence electrons. The second-order valence-corrected chi connectivity index (χ2v) is 4.04. The fraction of sp³-hybridized carbons (Fsp3) is 0.200. The average Bonchev–Trinajstić information content (AvgIpc) is 2.19. The van der Waals surface area contributed by atoms with Crippen LogP contribution in [-0.4, -0.2) is 6.54 Å². The minimum Gasteiger partial charge on any atom is -0.381 e. The van der Waals surface area contributed by atoms with Gasteiger partial charge in [-0.25, -0.2) is 0 Å². The van der Waals surface area contributed by atoms with Crippen molar-refractivity contribution < 1.29 is 13.2 Å². The molecule has 0 aliphatic carbocycles. The maximum atomic E-state index is 12.4. The van der Waals surface area contributed by atoms with E-state index in [0.29, 0.717) is 16.7 Å². The smallest absolute Gasteiger partial charge is 0.381 e. The lowest BCUT2D eigenvalue weighted by molar-refractivity contribution is -0.137. The van der Waals surface area contributed by atoms with Crippen molar-refractivity contribution in [2.24, 2.45) is 0 Å². The van der Waals surface area contributed by atoms with Crippen LogP contribution in [-0.2, 0) is 6.18 Å². The second-order valence-electron chi connectivity index (χ2n) is 2.93. The van der Waals surface area contributed by atoms with Crippen LogP contribution in [0.15, 0.2) is 34.3 Å². The number of anilines is 1. The topological polar surface area (TPSA) is 12.0 Å². The minimum atomic E-state index is -4.33. The van der Waals surface area contributed by atoms with Crippen LogP contribution in [0.25, 0.3) is 0 Å². The standard InChI is InChI=1S/C10H8BrClF3N/c11-8-3-2-7(10(13,14)15)6-9(8)16-5-1-4-12/h1-4,6,16H,5H2/b4-1+. The van der Waals surface area contributed by atoms with E-state index in [4.69, 9.17) is 11.6 Å². The number of hydrogen-bond acceptors (Lipinski definition) is 1. The van der Waals surface area contributed by atoms with Crippen molar-refractivity contribution >= 4 is 33.2 Å². The quantitative estimate of drug-likeness (QED) is 0.857. The Morgan fingerprint density at radius 1 is 1.38 bits per heavy atom. The first-order valence-electron chi connectivity index (χ1n) is 4.31. The first-order chi connectivity index (χ1) is 7.45. The van der Waals surface area contributed by atoms with E-state index in [1.54, 1.807) is 6.08 Å². The van der Waals surface area contributed by atoms with Gasteiger partial charge in [0, 0.05) is 22.2 Å². The molecule has 0 amide bonds. The Hall–Kier alpha value is -0.680. The van der Waals surface area contributed by atoms with E-state index in [1.165, 1.54) is 11.6 Å². The normalized spacial score (nSPS) is 12.1. The Labute approximate surface area is 104 Å². The Morgan fingerprint density at radius 3 is 2.62 bits per heavy atom. The number of rotatable bonds is 3. The van der Waals surface area contributed by atoms with E-state index in [9.17, 15) is 13.2 Å². The van der Waals surface area contributed by atoms with Crippen LogP contribution in [0.5, 0.6) is 0 Å². The van der Waals surface area contributed by atoms with Gasteiger partial charge < -0.3 is 5.32 Å². The maximum Gasteiger partial charge on any atom is 0.416 e. The van der Waals surface area contributed by atoms with Crippen molar-refractivity contribution in [3.8, 4) is 0 Å². The van der Waals surface area contributed by atoms with Gasteiger partial charge in [0.15, 0.2) is 0 Å². The fourth-order valence-corrected chi connectivity index (χ4v) is 1.53. The number of halogens is 5. The lowest BCUT2D eigenvalue weighted by atomic mass is 10.2. The predicted octanol–water partition coefficient (Wildman–Crippen LogP) is 4.63. The van der Waals surface area contributed by atoms with Crippen molar-refractivity contribution in [2.45, 2.75) is 6.18 Å². The summed E-state index contributed by atoms with van der Waals surface area (Å²) in [6.07, 6.45) is -2.74. The Balaban J connectivity index is 2.91. The number of benzene rings is 1. The summed E-state index contributed by atoms with van der Waals surface area (Å²) in [5.41, 5.74) is 0.992. The van der Waals surface area contributed by atoms with Crippen LogP contribution < -0.4 is 5.32 Å². The average molecular weight is 315 g/mol. The molecule has 0 atom stereocenters. The van der Waals surface area contributed by atoms with Crippen molar-refractivity contribution in [3.05, 3.63) is 39.8 Å². The largest absolute Gasteiger partial charge is 0.416 e. The number of alkyl halides is 3. The lowest BCUT2D eigenvalue weighted by Crippen LogP contribution is -2.07. The third-order valence-corrected chi connectivity index (χ3v) is 2.66. The summed E-state index contributed by atoms with van der Waals surface area (Å²) in [6, 6.07) is 3.42. The highest BCUT2D eigenvalue weighted by molar-refractivity contribution is 9.10. The summed E-state index contributed by atoms with van der Waals surface area (Å²) in [7, 11) is 0. The van der Waals surface area contributed by atoms with Crippen molar-refractivity contribution in [1.29, 1.82) is 0 Å². The minimum absolute atomic E-state index is 0.364. The first kappa shape index (κ1) is 13.4. The van der Waals surface area contributed by atoms with E-state index in [1.807, 2.05) is 0 Å². The van der Waals surface area contributed by atoms with Gasteiger partial charge in [0.05, 0.1) is 5.56 Å². The van der Waals surface area contributed by atoms with Gasteiger partial charge in [-0.05, 0) is 34.1 Å². The zero-order valence-corrected chi connectivity index (χ0v) is 10.3. The highest BCUT2D eigenvalue weighted by Gasteiger charge is 2.30. The first-order valence-corrected chi connectivity index (χ1v) is 5.54. The third kappa shape index (κ3) is 3.72. The van der Waals surface area contributed by atoms with Gasteiger partial charge in [0.2, 0.25) is 0 Å². The van der Waals surface area contributed by atoms with E-state index in [0.717, 1.165) is 12.1 Å². The van der Waals surface area contributed by atoms with Crippen molar-refractivity contribution in [3.63, 3.8) is 0 Å². The van der Waals surface area contributed by atoms with Gasteiger partial charge in [-0.3, -0.25) is 0 Å². The molecule has 0 unspecified atom stereocenters. The Bertz CT molecular complexity index is 390. The molecule has 0 aliphatic heterocycles. The second kappa shape index (κ2) is 5.59. The molecule has 0 radical (unpaired) electrons. The molecule has 1 rings (SSSR count). The van der Waals surface area contributed by atoms with E-state index < -0.39 is 11.7 Å². The molecule has 0 aromatic heterocycles. The van der Waals surface area contributed by atoms with Crippen molar-refractivity contribution in [1.82, 2.24) is 0 Å². The summed E-state index contributed by atoms with van der Waals surface area (Å²) in [6.45, 7) is 0.364. The molecule has 0 aliphatic rings. The van der Waals surface area contributed by atoms with Crippen LogP contribution in [0.1, 0.15) is 5.56 Å². The van der Waals surface area contributed by atoms with Crippen LogP contribution in [0, 0.1) is 0 Å². The number of nitrogens with one attached hydrogen (secondary N) is 1. The molecule has 1 nitrogen and oxygen atoms in total. The van der Waals surface area contributed by atoms with E-state index >= 15 is 0 Å². The Kier molecular flexibility index (Phi) is 4.68. The molecule has 0 bridgehead atoms. The zero-order valence-electron chi connectivity index (χ0n) is 7.98. The molecule has 0 saturated carbocycles. The lowest BCUT2D eigenvalue weighted by Gasteiger charge is -2.11. The summed E-state index contributed by atoms with van der Waals surface area (Å²) in [5.74, 6) is 0. The van der Waals surface area contributed by atoms with E-state index in [-0.39, 0.29) is 0 Å². The van der Waals surface area contributed by atoms with Gasteiger partial charge in [-0.15, -0.1) is 0 Å². The molecule has 0 fully saturated rings. The molecule has 16 heavy (non-hydrogen) atoms. The predicted molar refractivity (Wildman–Crippen MR) is 62.6 cm³/mol. The zero-order chi connectivity index (χ0) is 12.2. The summed E-state index contributed by atoms with van der Waals surface area (Å²) < 4.78 is 37.8. The molecular formula is C10H8BrClF3N.